The summed E-state index contributed by atoms with van der Waals surface area (Å²) in [5.41, 5.74) is 0.686. The number of hydrogen-bond acceptors (Lipinski definition) is 5. The largest absolute Gasteiger partial charge is 0.483 e. The van der Waals surface area contributed by atoms with Crippen molar-refractivity contribution < 1.29 is 17.9 Å². The number of ether oxygens (including phenoxy) is 1. The fraction of sp³-hybridized carbons (Fsp3) is 0.588. The summed E-state index contributed by atoms with van der Waals surface area (Å²) in [6.45, 7) is 7.18. The van der Waals surface area contributed by atoms with E-state index < -0.39 is 10.0 Å². The van der Waals surface area contributed by atoms with Gasteiger partial charge in [-0.1, -0.05) is 6.92 Å². The zero-order chi connectivity index (χ0) is 18.4. The van der Waals surface area contributed by atoms with Gasteiger partial charge < -0.3 is 14.5 Å². The molecule has 1 fully saturated rings. The van der Waals surface area contributed by atoms with Crippen LogP contribution >= 0.6 is 0 Å². The monoisotopic (exact) mass is 369 g/mol. The minimum atomic E-state index is -3.50. The van der Waals surface area contributed by atoms with Gasteiger partial charge in [0, 0.05) is 32.7 Å². The zero-order valence-electron chi connectivity index (χ0n) is 15.1. The van der Waals surface area contributed by atoms with Crippen molar-refractivity contribution in [1.82, 2.24) is 14.5 Å². The highest BCUT2D eigenvalue weighted by Crippen LogP contribution is 2.22. The van der Waals surface area contributed by atoms with Crippen LogP contribution in [0.15, 0.2) is 23.1 Å². The predicted octanol–water partition coefficient (Wildman–Crippen LogP) is 0.836. The summed E-state index contributed by atoms with van der Waals surface area (Å²) < 4.78 is 32.4. The van der Waals surface area contributed by atoms with E-state index >= 15 is 0 Å². The molecule has 1 N–H and O–H groups in total. The number of carbonyl (C=O) groups excluding carboxylic acids is 1. The molecule has 8 heteroatoms. The Morgan fingerprint density at radius 1 is 1.24 bits per heavy atom. The Hall–Kier alpha value is -1.64. The van der Waals surface area contributed by atoms with Crippen molar-refractivity contribution in [1.29, 1.82) is 0 Å². The molecule has 0 aliphatic carbocycles. The summed E-state index contributed by atoms with van der Waals surface area (Å²) in [5, 5.41) is 0. The third kappa shape index (κ3) is 5.42. The average Bonchev–Trinajstić information content (AvgIpc) is 2.59. The highest BCUT2D eigenvalue weighted by Gasteiger charge is 2.20. The summed E-state index contributed by atoms with van der Waals surface area (Å²) in [6, 6.07) is 4.67. The fourth-order valence-corrected chi connectivity index (χ4v) is 3.78. The standard InChI is InChI=1S/C17H27N3O4S/c1-4-7-18-25(22,23)15-5-6-16(14(2)12-15)24-13-17(21)20-10-8-19(3)9-11-20/h5-6,12,18H,4,7-11,13H2,1-3H3. The van der Waals surface area contributed by atoms with E-state index in [0.29, 0.717) is 30.9 Å². The molecular formula is C17H27N3O4S. The minimum absolute atomic E-state index is 0.0370. The second-order valence-electron chi connectivity index (χ2n) is 6.30. The summed E-state index contributed by atoms with van der Waals surface area (Å²) in [4.78, 5) is 16.4. The van der Waals surface area contributed by atoms with Crippen LogP contribution in [0, 0.1) is 6.92 Å². The van der Waals surface area contributed by atoms with Crippen LogP contribution in [-0.2, 0) is 14.8 Å². The van der Waals surface area contributed by atoms with Crippen molar-refractivity contribution in [2.75, 3.05) is 46.4 Å². The van der Waals surface area contributed by atoms with E-state index in [4.69, 9.17) is 4.74 Å². The van der Waals surface area contributed by atoms with Crippen LogP contribution in [0.1, 0.15) is 18.9 Å². The van der Waals surface area contributed by atoms with Crippen LogP contribution < -0.4 is 9.46 Å². The lowest BCUT2D eigenvalue weighted by Gasteiger charge is -2.32. The molecule has 1 aliphatic heterocycles. The number of nitrogens with zero attached hydrogens (tertiary/aromatic N) is 2. The molecule has 1 amide bonds. The number of carbonyl (C=O) groups is 1. The van der Waals surface area contributed by atoms with Gasteiger partial charge in [0.2, 0.25) is 10.0 Å². The van der Waals surface area contributed by atoms with Crippen LogP contribution in [0.25, 0.3) is 0 Å². The normalized spacial score (nSPS) is 16.0. The maximum atomic E-state index is 12.2. The van der Waals surface area contributed by atoms with Crippen molar-refractivity contribution in [2.45, 2.75) is 25.2 Å². The van der Waals surface area contributed by atoms with Gasteiger partial charge in [-0.2, -0.15) is 0 Å². The zero-order valence-corrected chi connectivity index (χ0v) is 15.9. The Kier molecular flexibility index (Phi) is 6.80. The number of rotatable bonds is 7. The first-order valence-corrected chi connectivity index (χ1v) is 10.0. The molecule has 0 bridgehead atoms. The van der Waals surface area contributed by atoms with Crippen LogP contribution in [0.5, 0.6) is 5.75 Å². The molecule has 0 spiro atoms. The number of likely N-dealkylation sites (N-methyl/N-ethyl adjacent to an activating group) is 1. The second kappa shape index (κ2) is 8.64. The molecule has 0 atom stereocenters. The Bertz CT molecular complexity index is 698. The van der Waals surface area contributed by atoms with Gasteiger partial charge in [0.25, 0.3) is 5.91 Å². The average molecular weight is 369 g/mol. The van der Waals surface area contributed by atoms with E-state index in [-0.39, 0.29) is 17.4 Å². The molecule has 0 unspecified atom stereocenters. The van der Waals surface area contributed by atoms with Crippen molar-refractivity contribution in [3.05, 3.63) is 23.8 Å². The van der Waals surface area contributed by atoms with E-state index in [1.165, 1.54) is 6.07 Å². The molecular weight excluding hydrogens is 342 g/mol. The molecule has 1 aliphatic rings. The van der Waals surface area contributed by atoms with Crippen LogP contribution in [-0.4, -0.2) is 70.5 Å². The van der Waals surface area contributed by atoms with E-state index in [2.05, 4.69) is 9.62 Å². The Morgan fingerprint density at radius 3 is 2.52 bits per heavy atom. The molecule has 2 rings (SSSR count). The summed E-state index contributed by atoms with van der Waals surface area (Å²) in [7, 11) is -1.47. The van der Waals surface area contributed by atoms with E-state index in [9.17, 15) is 13.2 Å². The lowest BCUT2D eigenvalue weighted by molar-refractivity contribution is -0.134. The Morgan fingerprint density at radius 2 is 1.92 bits per heavy atom. The van der Waals surface area contributed by atoms with Crippen LogP contribution in [0.3, 0.4) is 0 Å². The molecule has 0 saturated carbocycles. The van der Waals surface area contributed by atoms with Gasteiger partial charge in [-0.25, -0.2) is 13.1 Å². The van der Waals surface area contributed by atoms with Gasteiger partial charge in [0.1, 0.15) is 5.75 Å². The molecule has 1 aromatic carbocycles. The fourth-order valence-electron chi connectivity index (χ4n) is 2.56. The van der Waals surface area contributed by atoms with Crippen molar-refractivity contribution >= 4 is 15.9 Å². The van der Waals surface area contributed by atoms with E-state index in [1.807, 2.05) is 14.0 Å². The van der Waals surface area contributed by atoms with Gasteiger partial charge >= 0.3 is 0 Å². The number of nitrogens with one attached hydrogen (secondary N) is 1. The first-order valence-electron chi connectivity index (χ1n) is 8.53. The number of sulfonamides is 1. The highest BCUT2D eigenvalue weighted by atomic mass is 32.2. The predicted molar refractivity (Wildman–Crippen MR) is 96.2 cm³/mol. The topological polar surface area (TPSA) is 78.9 Å². The highest BCUT2D eigenvalue weighted by molar-refractivity contribution is 7.89. The quantitative estimate of drug-likeness (QED) is 0.770. The molecule has 1 heterocycles. The number of aryl methyl sites for hydroxylation is 1. The lowest BCUT2D eigenvalue weighted by Crippen LogP contribution is -2.48. The van der Waals surface area contributed by atoms with Gasteiger partial charge in [-0.15, -0.1) is 0 Å². The molecule has 1 aromatic rings. The van der Waals surface area contributed by atoms with Crippen molar-refractivity contribution in [2.24, 2.45) is 0 Å². The number of piperazine rings is 1. The number of benzene rings is 1. The van der Waals surface area contributed by atoms with E-state index in [1.54, 1.807) is 24.0 Å². The van der Waals surface area contributed by atoms with Crippen molar-refractivity contribution in [3.63, 3.8) is 0 Å². The summed E-state index contributed by atoms with van der Waals surface area (Å²) in [6.07, 6.45) is 0.730. The van der Waals surface area contributed by atoms with Gasteiger partial charge in [-0.05, 0) is 44.2 Å². The molecule has 0 aromatic heterocycles. The first-order chi connectivity index (χ1) is 11.8. The van der Waals surface area contributed by atoms with Gasteiger partial charge in [-0.3, -0.25) is 4.79 Å². The smallest absolute Gasteiger partial charge is 0.260 e. The molecule has 1 saturated heterocycles. The first kappa shape index (κ1) is 19.7. The maximum absolute atomic E-state index is 12.2. The maximum Gasteiger partial charge on any atom is 0.260 e. The molecule has 25 heavy (non-hydrogen) atoms. The Labute approximate surface area is 150 Å². The summed E-state index contributed by atoms with van der Waals surface area (Å²) >= 11 is 0. The molecule has 140 valence electrons. The van der Waals surface area contributed by atoms with E-state index in [0.717, 1.165) is 19.5 Å². The van der Waals surface area contributed by atoms with Gasteiger partial charge in [0.15, 0.2) is 6.61 Å². The second-order valence-corrected chi connectivity index (χ2v) is 8.06. The summed E-state index contributed by atoms with van der Waals surface area (Å²) in [5.74, 6) is 0.478. The lowest BCUT2D eigenvalue weighted by atomic mass is 10.2. The third-order valence-corrected chi connectivity index (χ3v) is 5.66. The van der Waals surface area contributed by atoms with Crippen molar-refractivity contribution in [3.8, 4) is 5.75 Å². The van der Waals surface area contributed by atoms with Gasteiger partial charge in [0.05, 0.1) is 4.90 Å². The molecule has 7 nitrogen and oxygen atoms in total. The van der Waals surface area contributed by atoms with Crippen LogP contribution in [0.2, 0.25) is 0 Å². The minimum Gasteiger partial charge on any atom is -0.483 e. The Balaban J connectivity index is 1.96. The SMILES string of the molecule is CCCNS(=O)(=O)c1ccc(OCC(=O)N2CCN(C)CC2)c(C)c1. The third-order valence-electron chi connectivity index (χ3n) is 4.21. The number of amides is 1. The number of hydrogen-bond donors (Lipinski definition) is 1. The molecule has 0 radical (unpaired) electrons. The van der Waals surface area contributed by atoms with Crippen LogP contribution in [0.4, 0.5) is 0 Å².